The smallest absolute Gasteiger partial charge is 0.254 e. The van der Waals surface area contributed by atoms with Gasteiger partial charge in [-0.05, 0) is 43.0 Å². The molecule has 8 nitrogen and oxygen atoms in total. The van der Waals surface area contributed by atoms with Crippen molar-refractivity contribution in [2.24, 2.45) is 11.8 Å². The van der Waals surface area contributed by atoms with Gasteiger partial charge >= 0.3 is 0 Å². The van der Waals surface area contributed by atoms with Gasteiger partial charge in [0.1, 0.15) is 0 Å². The number of hydrogen-bond donors (Lipinski definition) is 1. The van der Waals surface area contributed by atoms with Crippen LogP contribution < -0.4 is 24.3 Å². The predicted molar refractivity (Wildman–Crippen MR) is 120 cm³/mol. The maximum absolute atomic E-state index is 13.4. The Morgan fingerprint density at radius 1 is 1.06 bits per heavy atom. The highest BCUT2D eigenvalue weighted by Crippen LogP contribution is 2.42. The van der Waals surface area contributed by atoms with Gasteiger partial charge in [-0.2, -0.15) is 0 Å². The maximum Gasteiger partial charge on any atom is 0.254 e. The van der Waals surface area contributed by atoms with E-state index >= 15 is 0 Å². The van der Waals surface area contributed by atoms with Gasteiger partial charge < -0.3 is 29.2 Å². The van der Waals surface area contributed by atoms with Crippen LogP contribution in [0.1, 0.15) is 34.7 Å². The number of carbonyl (C=O) groups excluding carboxylic acids is 2. The summed E-state index contributed by atoms with van der Waals surface area (Å²) in [4.78, 5) is 28.3. The third-order valence-electron chi connectivity index (χ3n) is 6.66. The van der Waals surface area contributed by atoms with Crippen LogP contribution in [0.5, 0.6) is 23.0 Å². The van der Waals surface area contributed by atoms with Gasteiger partial charge in [-0.15, -0.1) is 0 Å². The van der Waals surface area contributed by atoms with Gasteiger partial charge in [0.15, 0.2) is 23.0 Å². The fourth-order valence-corrected chi connectivity index (χ4v) is 4.66. The molecular formula is C25H28N2O6. The van der Waals surface area contributed by atoms with Gasteiger partial charge in [0, 0.05) is 36.7 Å². The Bertz CT molecular complexity index is 1070. The summed E-state index contributed by atoms with van der Waals surface area (Å²) in [6.07, 6.45) is 2.32. The number of benzene rings is 2. The van der Waals surface area contributed by atoms with E-state index in [9.17, 15) is 9.59 Å². The lowest BCUT2D eigenvalue weighted by atomic mass is 9.87. The average molecular weight is 453 g/mol. The van der Waals surface area contributed by atoms with Gasteiger partial charge in [-0.25, -0.2) is 0 Å². The number of likely N-dealkylation sites (tertiary alicyclic amines) is 1. The lowest BCUT2D eigenvalue weighted by Crippen LogP contribution is -2.36. The summed E-state index contributed by atoms with van der Waals surface area (Å²) in [5.74, 6) is 2.20. The number of methoxy groups -OCH3 is 2. The minimum absolute atomic E-state index is 0.0299. The van der Waals surface area contributed by atoms with E-state index in [0.29, 0.717) is 54.1 Å². The van der Waals surface area contributed by atoms with Crippen molar-refractivity contribution in [3.8, 4) is 23.0 Å². The van der Waals surface area contributed by atoms with E-state index in [4.69, 9.17) is 18.9 Å². The van der Waals surface area contributed by atoms with Crippen LogP contribution in [0.3, 0.4) is 0 Å². The molecule has 33 heavy (non-hydrogen) atoms. The number of para-hydroxylation sites is 1. The zero-order chi connectivity index (χ0) is 22.9. The molecule has 1 saturated carbocycles. The Kier molecular flexibility index (Phi) is 5.74. The third-order valence-corrected chi connectivity index (χ3v) is 6.66. The van der Waals surface area contributed by atoms with Crippen molar-refractivity contribution in [3.05, 3.63) is 47.5 Å². The van der Waals surface area contributed by atoms with Crippen molar-refractivity contribution in [1.82, 2.24) is 10.2 Å². The largest absolute Gasteiger partial charge is 0.493 e. The highest BCUT2D eigenvalue weighted by molar-refractivity contribution is 5.96. The van der Waals surface area contributed by atoms with Crippen molar-refractivity contribution in [2.75, 3.05) is 40.6 Å². The number of amides is 2. The van der Waals surface area contributed by atoms with E-state index in [-0.39, 0.29) is 30.4 Å². The molecule has 2 aliphatic heterocycles. The summed E-state index contributed by atoms with van der Waals surface area (Å²) in [7, 11) is 3.18. The summed E-state index contributed by atoms with van der Waals surface area (Å²) >= 11 is 0. The lowest BCUT2D eigenvalue weighted by molar-refractivity contribution is -0.125. The molecule has 0 aromatic heterocycles. The Hall–Kier alpha value is -3.42. The van der Waals surface area contributed by atoms with Gasteiger partial charge in [-0.3, -0.25) is 9.59 Å². The quantitative estimate of drug-likeness (QED) is 0.695. The summed E-state index contributed by atoms with van der Waals surface area (Å²) in [5.41, 5.74) is 1.37. The summed E-state index contributed by atoms with van der Waals surface area (Å²) in [6.45, 7) is 1.57. The second-order valence-electron chi connectivity index (χ2n) is 8.76. The fourth-order valence-electron chi connectivity index (χ4n) is 4.66. The molecule has 2 aromatic carbocycles. The minimum atomic E-state index is -0.386. The minimum Gasteiger partial charge on any atom is -0.493 e. The van der Waals surface area contributed by atoms with Crippen LogP contribution in [-0.4, -0.2) is 57.4 Å². The highest BCUT2D eigenvalue weighted by atomic mass is 16.7. The van der Waals surface area contributed by atoms with Crippen molar-refractivity contribution >= 4 is 11.8 Å². The number of hydrogen-bond acceptors (Lipinski definition) is 6. The van der Waals surface area contributed by atoms with E-state index in [1.54, 1.807) is 37.3 Å². The van der Waals surface area contributed by atoms with Crippen molar-refractivity contribution in [1.29, 1.82) is 0 Å². The average Bonchev–Trinajstić information content (AvgIpc) is 3.37. The van der Waals surface area contributed by atoms with Crippen LogP contribution >= 0.6 is 0 Å². The molecule has 0 bridgehead atoms. The number of nitrogens with one attached hydrogen (secondary N) is 1. The van der Waals surface area contributed by atoms with E-state index < -0.39 is 0 Å². The van der Waals surface area contributed by atoms with Gasteiger partial charge in [0.2, 0.25) is 12.7 Å². The molecule has 8 heteroatoms. The molecule has 1 saturated heterocycles. The number of nitrogens with zero attached hydrogens (tertiary/aromatic N) is 1. The molecule has 2 aromatic rings. The number of rotatable bonds is 7. The first-order chi connectivity index (χ1) is 16.1. The zero-order valence-corrected chi connectivity index (χ0v) is 18.8. The first-order valence-electron chi connectivity index (χ1n) is 11.3. The van der Waals surface area contributed by atoms with Crippen molar-refractivity contribution < 1.29 is 28.5 Å². The molecule has 0 radical (unpaired) electrons. The number of carbonyl (C=O) groups is 2. The monoisotopic (exact) mass is 452 g/mol. The zero-order valence-electron chi connectivity index (χ0n) is 18.8. The molecular weight excluding hydrogens is 424 g/mol. The molecule has 2 heterocycles. The first kappa shape index (κ1) is 21.4. The molecule has 2 unspecified atom stereocenters. The van der Waals surface area contributed by atoms with Crippen molar-refractivity contribution in [2.45, 2.75) is 18.8 Å². The van der Waals surface area contributed by atoms with E-state index in [0.717, 1.165) is 18.4 Å². The van der Waals surface area contributed by atoms with Gasteiger partial charge in [-0.1, -0.05) is 12.1 Å². The van der Waals surface area contributed by atoms with Gasteiger partial charge in [0.05, 0.1) is 20.1 Å². The van der Waals surface area contributed by atoms with Gasteiger partial charge in [0.25, 0.3) is 5.91 Å². The van der Waals surface area contributed by atoms with E-state index in [2.05, 4.69) is 5.32 Å². The van der Waals surface area contributed by atoms with Crippen LogP contribution in [0.4, 0.5) is 0 Å². The van der Waals surface area contributed by atoms with Crippen LogP contribution in [0.15, 0.2) is 36.4 Å². The molecule has 1 aliphatic carbocycles. The van der Waals surface area contributed by atoms with Crippen LogP contribution in [0.25, 0.3) is 0 Å². The normalized spacial score (nSPS) is 21.1. The topological polar surface area (TPSA) is 86.3 Å². The molecule has 2 atom stereocenters. The van der Waals surface area contributed by atoms with E-state index in [1.165, 1.54) is 0 Å². The Labute approximate surface area is 192 Å². The summed E-state index contributed by atoms with van der Waals surface area (Å²) in [5, 5.41) is 3.10. The second-order valence-corrected chi connectivity index (χ2v) is 8.76. The number of fused-ring (bicyclic) bond motifs is 1. The van der Waals surface area contributed by atoms with E-state index in [1.807, 2.05) is 18.2 Å². The first-order valence-corrected chi connectivity index (χ1v) is 11.3. The molecule has 0 spiro atoms. The lowest BCUT2D eigenvalue weighted by Gasteiger charge is -2.21. The standard InChI is InChI=1S/C25H28N2O6/c1-30-21-5-3-4-17(23(21)31-2)18-12-27(13-19(18)24(28)26-11-15-6-7-15)25(29)16-8-9-20-22(10-16)33-14-32-20/h3-5,8-10,15,18-19H,6-7,11-14H2,1-2H3,(H,26,28). The van der Waals surface area contributed by atoms with Crippen LogP contribution in [-0.2, 0) is 4.79 Å². The molecule has 1 N–H and O–H groups in total. The van der Waals surface area contributed by atoms with Crippen LogP contribution in [0, 0.1) is 11.8 Å². The van der Waals surface area contributed by atoms with Crippen LogP contribution in [0.2, 0.25) is 0 Å². The number of ether oxygens (including phenoxy) is 4. The summed E-state index contributed by atoms with van der Waals surface area (Å²) in [6, 6.07) is 10.8. The third kappa shape index (κ3) is 4.17. The summed E-state index contributed by atoms with van der Waals surface area (Å²) < 4.78 is 21.9. The second kappa shape index (κ2) is 8.84. The Morgan fingerprint density at radius 3 is 2.64 bits per heavy atom. The SMILES string of the molecule is COc1cccc(C2CN(C(=O)c3ccc4c(c3)OCO4)CC2C(=O)NCC2CC2)c1OC. The molecule has 174 valence electrons. The molecule has 3 aliphatic rings. The highest BCUT2D eigenvalue weighted by Gasteiger charge is 2.42. The molecule has 5 rings (SSSR count). The Morgan fingerprint density at radius 2 is 1.88 bits per heavy atom. The predicted octanol–water partition coefficient (Wildman–Crippen LogP) is 2.81. The van der Waals surface area contributed by atoms with Crippen molar-refractivity contribution in [3.63, 3.8) is 0 Å². The Balaban J connectivity index is 1.43. The molecule has 2 fully saturated rings. The fraction of sp³-hybridized carbons (Fsp3) is 0.440. The maximum atomic E-state index is 13.4. The molecule has 2 amide bonds.